The van der Waals surface area contributed by atoms with Crippen molar-refractivity contribution in [2.45, 2.75) is 6.42 Å². The normalized spacial score (nSPS) is 11.1. The van der Waals surface area contributed by atoms with Crippen LogP contribution in [-0.2, 0) is 16.0 Å². The number of anilines is 1. The number of H-pyrrole nitrogens is 1. The Morgan fingerprint density at radius 1 is 1.03 bits per heavy atom. The minimum atomic E-state index is -0.449. The Labute approximate surface area is 207 Å². The highest BCUT2D eigenvalue weighted by molar-refractivity contribution is 6.01. The van der Waals surface area contributed by atoms with Gasteiger partial charge >= 0.3 is 0 Å². The summed E-state index contributed by atoms with van der Waals surface area (Å²) in [6.07, 6.45) is 4.05. The summed E-state index contributed by atoms with van der Waals surface area (Å²) in [6, 6.07) is 21.9. The van der Waals surface area contributed by atoms with Crippen molar-refractivity contribution in [1.29, 1.82) is 5.26 Å². The Balaban J connectivity index is 1.27. The van der Waals surface area contributed by atoms with Gasteiger partial charge in [-0.1, -0.05) is 30.3 Å². The molecule has 1 aromatic heterocycles. The fraction of sp³-hybridized carbons (Fsp3) is 0.107. The molecule has 36 heavy (non-hydrogen) atoms. The summed E-state index contributed by atoms with van der Waals surface area (Å²) in [6.45, 7) is 0.168. The molecule has 0 saturated heterocycles. The van der Waals surface area contributed by atoms with Gasteiger partial charge < -0.3 is 20.4 Å². The summed E-state index contributed by atoms with van der Waals surface area (Å²) in [5, 5.41) is 16.0. The summed E-state index contributed by atoms with van der Waals surface area (Å²) >= 11 is 0. The molecule has 0 atom stereocenters. The van der Waals surface area contributed by atoms with Crippen LogP contribution in [0.2, 0.25) is 0 Å². The highest BCUT2D eigenvalue weighted by Gasteiger charge is 2.10. The number of carbonyl (C=O) groups is 2. The second-order valence-corrected chi connectivity index (χ2v) is 7.95. The smallest absolute Gasteiger partial charge is 0.262 e. The van der Waals surface area contributed by atoms with E-state index in [2.05, 4.69) is 15.6 Å². The Morgan fingerprint density at radius 2 is 1.78 bits per heavy atom. The van der Waals surface area contributed by atoms with Gasteiger partial charge in [-0.3, -0.25) is 9.59 Å². The molecule has 3 N–H and O–H groups in total. The molecule has 4 aromatic rings. The zero-order valence-corrected chi connectivity index (χ0v) is 19.3. The van der Waals surface area contributed by atoms with Gasteiger partial charge in [0, 0.05) is 29.3 Å². The molecule has 0 fully saturated rings. The van der Waals surface area contributed by atoms with Gasteiger partial charge in [0.2, 0.25) is 0 Å². The van der Waals surface area contributed by atoms with E-state index >= 15 is 0 Å². The lowest BCUT2D eigenvalue weighted by molar-refractivity contribution is -0.118. The quantitative estimate of drug-likeness (QED) is 0.240. The van der Waals surface area contributed by atoms with Gasteiger partial charge in [0.1, 0.15) is 23.2 Å². The molecule has 180 valence electrons. The maximum Gasteiger partial charge on any atom is 0.262 e. The monoisotopic (exact) mass is 482 g/mol. The Hall–Kier alpha value is -4.90. The van der Waals surface area contributed by atoms with Crippen LogP contribution in [0.1, 0.15) is 11.1 Å². The van der Waals surface area contributed by atoms with Crippen LogP contribution in [0.3, 0.4) is 0 Å². The molecule has 3 aromatic carbocycles. The molecule has 0 bridgehead atoms. The van der Waals surface area contributed by atoms with E-state index < -0.39 is 5.91 Å². The highest BCUT2D eigenvalue weighted by Crippen LogP contribution is 2.18. The summed E-state index contributed by atoms with van der Waals surface area (Å²) in [5.74, 6) is -0.777. The van der Waals surface area contributed by atoms with Gasteiger partial charge in [-0.05, 0) is 66.1 Å². The lowest BCUT2D eigenvalue weighted by Crippen LogP contribution is -2.26. The summed E-state index contributed by atoms with van der Waals surface area (Å²) in [7, 11) is 0. The van der Waals surface area contributed by atoms with Crippen LogP contribution in [0.25, 0.3) is 17.0 Å². The number of para-hydroxylation sites is 1. The lowest BCUT2D eigenvalue weighted by atomic mass is 10.1. The molecule has 0 aliphatic carbocycles. The van der Waals surface area contributed by atoms with Crippen LogP contribution < -0.4 is 15.4 Å². The standard InChI is InChI=1S/C28H23FN4O3/c29-22-7-9-23(10-8-22)33-27(34)18-36-24-11-5-19(6-12-24)15-21(16-30)28(35)31-14-13-20-17-32-26-4-2-1-3-25(20)26/h1-12,15,17,32H,13-14,18H2,(H,31,35)(H,33,34)/b21-15-. The van der Waals surface area contributed by atoms with Crippen molar-refractivity contribution in [3.63, 3.8) is 0 Å². The third-order valence-electron chi connectivity index (χ3n) is 5.41. The number of amides is 2. The van der Waals surface area contributed by atoms with Gasteiger partial charge in [0.25, 0.3) is 11.8 Å². The number of nitriles is 1. The van der Waals surface area contributed by atoms with E-state index in [0.29, 0.717) is 30.0 Å². The van der Waals surface area contributed by atoms with E-state index in [0.717, 1.165) is 16.5 Å². The van der Waals surface area contributed by atoms with Crippen LogP contribution in [0.4, 0.5) is 10.1 Å². The average Bonchev–Trinajstić information content (AvgIpc) is 3.31. The first-order chi connectivity index (χ1) is 17.5. The van der Waals surface area contributed by atoms with E-state index in [9.17, 15) is 19.2 Å². The number of benzene rings is 3. The van der Waals surface area contributed by atoms with Crippen molar-refractivity contribution in [1.82, 2.24) is 10.3 Å². The number of nitrogens with one attached hydrogen (secondary N) is 3. The van der Waals surface area contributed by atoms with Gasteiger partial charge in [0.05, 0.1) is 0 Å². The van der Waals surface area contributed by atoms with Crippen molar-refractivity contribution < 1.29 is 18.7 Å². The molecule has 0 aliphatic rings. The minimum Gasteiger partial charge on any atom is -0.484 e. The molecule has 4 rings (SSSR count). The maximum atomic E-state index is 12.9. The van der Waals surface area contributed by atoms with Crippen LogP contribution in [0.5, 0.6) is 5.75 Å². The van der Waals surface area contributed by atoms with Crippen LogP contribution in [0, 0.1) is 17.1 Å². The van der Waals surface area contributed by atoms with E-state index in [1.54, 1.807) is 24.3 Å². The topological polar surface area (TPSA) is 107 Å². The van der Waals surface area contributed by atoms with Gasteiger partial charge in [-0.25, -0.2) is 4.39 Å². The number of hydrogen-bond acceptors (Lipinski definition) is 4. The van der Waals surface area contributed by atoms with Gasteiger partial charge in [-0.15, -0.1) is 0 Å². The lowest BCUT2D eigenvalue weighted by Gasteiger charge is -2.08. The van der Waals surface area contributed by atoms with Crippen LogP contribution in [0.15, 0.2) is 84.6 Å². The zero-order chi connectivity index (χ0) is 25.3. The van der Waals surface area contributed by atoms with Crippen LogP contribution >= 0.6 is 0 Å². The predicted molar refractivity (Wildman–Crippen MR) is 136 cm³/mol. The second kappa shape index (κ2) is 11.5. The molecule has 7 nitrogen and oxygen atoms in total. The molecule has 8 heteroatoms. The first-order valence-corrected chi connectivity index (χ1v) is 11.2. The molecule has 0 radical (unpaired) electrons. The molecule has 1 heterocycles. The minimum absolute atomic E-state index is 0.0127. The molecule has 0 aliphatic heterocycles. The average molecular weight is 483 g/mol. The van der Waals surface area contributed by atoms with Crippen LogP contribution in [-0.4, -0.2) is 29.9 Å². The van der Waals surface area contributed by atoms with Crippen molar-refractivity contribution in [2.24, 2.45) is 0 Å². The zero-order valence-electron chi connectivity index (χ0n) is 19.3. The summed E-state index contributed by atoms with van der Waals surface area (Å²) in [4.78, 5) is 27.7. The molecular formula is C28H23FN4O3. The largest absolute Gasteiger partial charge is 0.484 e. The summed E-state index contributed by atoms with van der Waals surface area (Å²) in [5.41, 5.74) is 3.23. The number of rotatable bonds is 9. The summed E-state index contributed by atoms with van der Waals surface area (Å²) < 4.78 is 18.4. The first-order valence-electron chi connectivity index (χ1n) is 11.2. The number of nitrogens with zero attached hydrogens (tertiary/aromatic N) is 1. The predicted octanol–water partition coefficient (Wildman–Crippen LogP) is 4.59. The number of aromatic amines is 1. The molecular weight excluding hydrogens is 459 g/mol. The van der Waals surface area contributed by atoms with E-state index in [-0.39, 0.29) is 23.9 Å². The van der Waals surface area contributed by atoms with Crippen molar-refractivity contribution in [3.05, 3.63) is 102 Å². The number of halogens is 1. The van der Waals surface area contributed by atoms with Gasteiger partial charge in [-0.2, -0.15) is 5.26 Å². The van der Waals surface area contributed by atoms with E-state index in [1.807, 2.05) is 36.5 Å². The molecule has 0 unspecified atom stereocenters. The Bertz CT molecular complexity index is 1430. The second-order valence-electron chi connectivity index (χ2n) is 7.95. The highest BCUT2D eigenvalue weighted by atomic mass is 19.1. The third kappa shape index (κ3) is 6.36. The maximum absolute atomic E-state index is 12.9. The number of aromatic nitrogens is 1. The van der Waals surface area contributed by atoms with Crippen molar-refractivity contribution in [2.75, 3.05) is 18.5 Å². The Kier molecular flexibility index (Phi) is 7.73. The third-order valence-corrected chi connectivity index (χ3v) is 5.41. The van der Waals surface area contributed by atoms with E-state index in [1.165, 1.54) is 30.3 Å². The first kappa shape index (κ1) is 24.2. The van der Waals surface area contributed by atoms with Gasteiger partial charge in [0.15, 0.2) is 6.61 Å². The molecule has 2 amide bonds. The molecule has 0 saturated carbocycles. The number of ether oxygens (including phenoxy) is 1. The fourth-order valence-corrected chi connectivity index (χ4v) is 3.60. The van der Waals surface area contributed by atoms with E-state index in [4.69, 9.17) is 4.74 Å². The van der Waals surface area contributed by atoms with Crippen molar-refractivity contribution in [3.8, 4) is 11.8 Å². The Morgan fingerprint density at radius 3 is 2.53 bits per heavy atom. The number of fused-ring (bicyclic) bond motifs is 1. The fourth-order valence-electron chi connectivity index (χ4n) is 3.60. The number of carbonyl (C=O) groups excluding carboxylic acids is 2. The van der Waals surface area contributed by atoms with Crippen molar-refractivity contribution >= 4 is 34.5 Å². The SMILES string of the molecule is N#C/C(=C/c1ccc(OCC(=O)Nc2ccc(F)cc2)cc1)C(=O)NCCc1c[nH]c2ccccc12. The molecule has 0 spiro atoms. The number of hydrogen-bond donors (Lipinski definition) is 3.